The summed E-state index contributed by atoms with van der Waals surface area (Å²) in [6.45, 7) is 0. The van der Waals surface area contributed by atoms with Gasteiger partial charge in [-0.1, -0.05) is 0 Å². The van der Waals surface area contributed by atoms with Gasteiger partial charge in [0.2, 0.25) is 0 Å². The molecule has 1 rings (SSSR count). The average Bonchev–Trinajstić information content (AvgIpc) is 2.43. The van der Waals surface area contributed by atoms with Gasteiger partial charge >= 0.3 is 0 Å². The van der Waals surface area contributed by atoms with Crippen molar-refractivity contribution in [1.82, 2.24) is 10.1 Å². The molecule has 0 aromatic rings. The van der Waals surface area contributed by atoms with Crippen molar-refractivity contribution in [3.05, 3.63) is 0 Å². The van der Waals surface area contributed by atoms with Gasteiger partial charge in [0.1, 0.15) is 0 Å². The molecule has 0 saturated carbocycles. The lowest BCUT2D eigenvalue weighted by Crippen LogP contribution is -2.19. The normalized spacial score (nSPS) is 24.9. The molecule has 0 amide bonds. The largest absolute Gasteiger partial charge is 0.312 e. The first-order valence-electron chi connectivity index (χ1n) is 6.97. The maximum Gasteiger partial charge on any atom is 0.0703 e. The molecule has 0 aliphatic carbocycles. The molecule has 8 heteroatoms. The summed E-state index contributed by atoms with van der Waals surface area (Å²) in [5.74, 6) is 7.23. The molecule has 120 valence electrons. The highest BCUT2D eigenvalue weighted by atomic mass is 32.2. The summed E-state index contributed by atoms with van der Waals surface area (Å²) in [5, 5.41) is 22.2. The monoisotopic (exact) mass is 358 g/mol. The van der Waals surface area contributed by atoms with Crippen LogP contribution in [0.4, 0.5) is 0 Å². The second-order valence-electron chi connectivity index (χ2n) is 4.58. The third-order valence-corrected chi connectivity index (χ3v) is 6.85. The smallest absolute Gasteiger partial charge is 0.0703 e. The molecule has 0 atom stereocenters. The summed E-state index contributed by atoms with van der Waals surface area (Å²) in [6.07, 6.45) is 4.72. The van der Waals surface area contributed by atoms with E-state index in [0.717, 1.165) is 23.0 Å². The molecule has 0 aromatic heterocycles. The van der Waals surface area contributed by atoms with E-state index < -0.39 is 0 Å². The molecule has 0 radical (unpaired) electrons. The Morgan fingerprint density at radius 2 is 0.750 bits per heavy atom. The van der Waals surface area contributed by atoms with Crippen molar-refractivity contribution in [3.8, 4) is 0 Å². The minimum Gasteiger partial charge on any atom is -0.312 e. The van der Waals surface area contributed by atoms with Crippen LogP contribution in [0.15, 0.2) is 0 Å². The Morgan fingerprint density at radius 3 is 1.00 bits per heavy atom. The summed E-state index contributed by atoms with van der Waals surface area (Å²) < 4.78 is 0. The molecule has 0 bridgehead atoms. The lowest BCUT2D eigenvalue weighted by molar-refractivity contribution is -0.0519. The number of nitrogens with zero attached hydrogens (tertiary/aromatic N) is 2. The van der Waals surface area contributed by atoms with Gasteiger partial charge in [0.25, 0.3) is 0 Å². The maximum absolute atomic E-state index is 9.68. The average molecular weight is 359 g/mol. The zero-order valence-corrected chi connectivity index (χ0v) is 15.2. The molecule has 4 nitrogen and oxygen atoms in total. The molecule has 2 N–H and O–H groups in total. The van der Waals surface area contributed by atoms with Crippen LogP contribution in [0.3, 0.4) is 0 Å². The minimum absolute atomic E-state index is 0.709. The summed E-state index contributed by atoms with van der Waals surface area (Å²) >= 11 is 7.18. The third kappa shape index (κ3) is 11.9. The topological polar surface area (TPSA) is 46.9 Å². The van der Waals surface area contributed by atoms with Gasteiger partial charge in [-0.15, -0.1) is 47.0 Å². The van der Waals surface area contributed by atoms with Crippen LogP contribution in [0.2, 0.25) is 0 Å². The number of rotatable bonds is 0. The molecule has 0 aromatic carbocycles. The van der Waals surface area contributed by atoms with E-state index in [0.29, 0.717) is 23.5 Å². The summed E-state index contributed by atoms with van der Waals surface area (Å²) in [5.41, 5.74) is 0. The van der Waals surface area contributed by atoms with Gasteiger partial charge in [0, 0.05) is 0 Å². The molecule has 1 heterocycles. The number of hydrogen-bond donors (Lipinski definition) is 2. The van der Waals surface area contributed by atoms with Crippen molar-refractivity contribution in [2.45, 2.75) is 25.7 Å². The zero-order chi connectivity index (χ0) is 14.5. The van der Waals surface area contributed by atoms with Crippen molar-refractivity contribution in [1.29, 1.82) is 0 Å². The number of thioether (sulfide) groups is 4. The fourth-order valence-electron chi connectivity index (χ4n) is 1.57. The van der Waals surface area contributed by atoms with Gasteiger partial charge < -0.3 is 10.4 Å². The van der Waals surface area contributed by atoms with Crippen molar-refractivity contribution in [2.24, 2.45) is 0 Å². The molecule has 20 heavy (non-hydrogen) atoms. The van der Waals surface area contributed by atoms with Gasteiger partial charge in [-0.05, 0) is 48.7 Å². The standard InChI is InChI=1S/C12H26N2O2S4/c15-13-9-17-5-1-2-6-18-10-14(16)12-20-8-4-3-7-19-11-13/h15-16H,1-12H2. The maximum atomic E-state index is 9.68. The first-order chi connectivity index (χ1) is 9.79. The van der Waals surface area contributed by atoms with E-state index in [2.05, 4.69) is 0 Å². The van der Waals surface area contributed by atoms with Crippen LogP contribution < -0.4 is 0 Å². The first-order valence-corrected chi connectivity index (χ1v) is 11.6. The van der Waals surface area contributed by atoms with Gasteiger partial charge in [0.15, 0.2) is 0 Å². The number of hydrogen-bond acceptors (Lipinski definition) is 8. The van der Waals surface area contributed by atoms with Crippen molar-refractivity contribution >= 4 is 47.0 Å². The van der Waals surface area contributed by atoms with Crippen LogP contribution >= 0.6 is 47.0 Å². The first kappa shape index (κ1) is 19.3. The molecule has 1 fully saturated rings. The van der Waals surface area contributed by atoms with Gasteiger partial charge in [-0.3, -0.25) is 0 Å². The van der Waals surface area contributed by atoms with Crippen molar-refractivity contribution in [3.63, 3.8) is 0 Å². The van der Waals surface area contributed by atoms with E-state index in [-0.39, 0.29) is 0 Å². The summed E-state index contributed by atoms with van der Waals surface area (Å²) in [6, 6.07) is 0. The Hall–Kier alpha value is 1.24. The highest BCUT2D eigenvalue weighted by Gasteiger charge is 2.03. The second kappa shape index (κ2) is 13.9. The van der Waals surface area contributed by atoms with Gasteiger partial charge in [-0.25, -0.2) is 0 Å². The van der Waals surface area contributed by atoms with E-state index in [9.17, 15) is 10.4 Å². The van der Waals surface area contributed by atoms with Crippen LogP contribution in [-0.2, 0) is 0 Å². The Morgan fingerprint density at radius 1 is 0.500 bits per heavy atom. The molecular formula is C12H26N2O2S4. The SMILES string of the molecule is ON1CSCCCCSCN(O)CSCCCCSC1. The van der Waals surface area contributed by atoms with Crippen LogP contribution in [0.1, 0.15) is 25.7 Å². The second-order valence-corrected chi connectivity index (χ2v) is 8.88. The lowest BCUT2D eigenvalue weighted by atomic mass is 10.4. The predicted octanol–water partition coefficient (Wildman–Crippen LogP) is 3.71. The highest BCUT2D eigenvalue weighted by molar-refractivity contribution is 8.00. The van der Waals surface area contributed by atoms with E-state index in [1.807, 2.05) is 0 Å². The third-order valence-electron chi connectivity index (χ3n) is 2.62. The van der Waals surface area contributed by atoms with Gasteiger partial charge in [-0.2, -0.15) is 10.1 Å². The van der Waals surface area contributed by atoms with Crippen LogP contribution in [0.25, 0.3) is 0 Å². The summed E-state index contributed by atoms with van der Waals surface area (Å²) in [7, 11) is 0. The fraction of sp³-hybridized carbons (Fsp3) is 1.00. The van der Waals surface area contributed by atoms with E-state index in [1.54, 1.807) is 47.0 Å². The minimum atomic E-state index is 0.709. The molecule has 0 spiro atoms. The molecule has 0 unspecified atom stereocenters. The van der Waals surface area contributed by atoms with Crippen LogP contribution in [0, 0.1) is 0 Å². The van der Waals surface area contributed by atoms with E-state index in [1.165, 1.54) is 35.8 Å². The van der Waals surface area contributed by atoms with E-state index in [4.69, 9.17) is 0 Å². The molecule has 1 aliphatic rings. The Bertz CT molecular complexity index is 186. The highest BCUT2D eigenvalue weighted by Crippen LogP contribution is 2.15. The predicted molar refractivity (Wildman–Crippen MR) is 95.0 cm³/mol. The molecular weight excluding hydrogens is 332 g/mol. The fourth-order valence-corrected chi connectivity index (χ4v) is 5.16. The van der Waals surface area contributed by atoms with Crippen LogP contribution in [-0.4, -0.2) is 67.1 Å². The summed E-state index contributed by atoms with van der Waals surface area (Å²) in [4.78, 5) is 0. The molecule has 1 saturated heterocycles. The zero-order valence-electron chi connectivity index (χ0n) is 11.9. The van der Waals surface area contributed by atoms with Crippen LogP contribution in [0.5, 0.6) is 0 Å². The van der Waals surface area contributed by atoms with Crippen molar-refractivity contribution < 1.29 is 10.4 Å². The Kier molecular flexibility index (Phi) is 13.4. The number of hydroxylamine groups is 4. The lowest BCUT2D eigenvalue weighted by Gasteiger charge is -2.15. The molecule has 1 aliphatic heterocycles. The van der Waals surface area contributed by atoms with Gasteiger partial charge in [0.05, 0.1) is 23.5 Å². The Balaban J connectivity index is 2.16. The van der Waals surface area contributed by atoms with E-state index >= 15 is 0 Å². The Labute approximate surface area is 139 Å². The quantitative estimate of drug-likeness (QED) is 0.680. The van der Waals surface area contributed by atoms with Crippen molar-refractivity contribution in [2.75, 3.05) is 46.5 Å².